The Hall–Kier alpha value is -2.45. The molecule has 0 spiro atoms. The van der Waals surface area contributed by atoms with E-state index < -0.39 is 0 Å². The van der Waals surface area contributed by atoms with Gasteiger partial charge in [0.1, 0.15) is 5.56 Å². The highest BCUT2D eigenvalue weighted by Gasteiger charge is 2.16. The number of hydrogen-bond donors (Lipinski definition) is 1. The molecule has 4 rings (SSSR count). The van der Waals surface area contributed by atoms with Gasteiger partial charge in [-0.1, -0.05) is 11.8 Å². The van der Waals surface area contributed by atoms with Crippen LogP contribution in [0.2, 0.25) is 0 Å². The van der Waals surface area contributed by atoms with Crippen LogP contribution in [0.15, 0.2) is 34.8 Å². The van der Waals surface area contributed by atoms with E-state index in [1.807, 2.05) is 44.4 Å². The van der Waals surface area contributed by atoms with Crippen molar-refractivity contribution in [1.82, 2.24) is 19.6 Å². The van der Waals surface area contributed by atoms with E-state index in [0.717, 1.165) is 31.6 Å². The molecule has 1 amide bonds. The second-order valence-electron chi connectivity index (χ2n) is 5.65. The highest BCUT2D eigenvalue weighted by atomic mass is 32.2. The first kappa shape index (κ1) is 16.0. The lowest BCUT2D eigenvalue weighted by Crippen LogP contribution is -2.12. The van der Waals surface area contributed by atoms with Crippen molar-refractivity contribution in [2.75, 3.05) is 11.6 Å². The Bertz CT molecular complexity index is 1120. The third-order valence-electron chi connectivity index (χ3n) is 3.82. The minimum absolute atomic E-state index is 0.221. The molecule has 0 atom stereocenters. The summed E-state index contributed by atoms with van der Waals surface area (Å²) in [6, 6.07) is 7.66. The van der Waals surface area contributed by atoms with E-state index in [0.29, 0.717) is 11.2 Å². The summed E-state index contributed by atoms with van der Waals surface area (Å²) < 4.78 is 3.74. The third-order valence-corrected chi connectivity index (χ3v) is 5.83. The molecule has 3 heterocycles. The van der Waals surface area contributed by atoms with E-state index in [-0.39, 0.29) is 5.91 Å². The zero-order valence-corrected chi connectivity index (χ0v) is 15.5. The predicted molar refractivity (Wildman–Crippen MR) is 102 cm³/mol. The van der Waals surface area contributed by atoms with Crippen LogP contribution in [0.25, 0.3) is 15.9 Å². The number of carbonyl (C=O) groups excluding carboxylic acids is 1. The summed E-state index contributed by atoms with van der Waals surface area (Å²) in [5.41, 5.74) is 4.50. The Morgan fingerprint density at radius 3 is 2.88 bits per heavy atom. The monoisotopic (exact) mass is 369 g/mol. The van der Waals surface area contributed by atoms with Crippen LogP contribution in [0.1, 0.15) is 21.7 Å². The summed E-state index contributed by atoms with van der Waals surface area (Å²) in [5, 5.41) is 7.20. The number of carbonyl (C=O) groups is 1. The molecule has 0 aliphatic carbocycles. The number of nitrogens with one attached hydrogen (secondary N) is 1. The lowest BCUT2D eigenvalue weighted by atomic mass is 10.2. The molecule has 8 heteroatoms. The molecule has 25 heavy (non-hydrogen) atoms. The summed E-state index contributed by atoms with van der Waals surface area (Å²) in [6.07, 6.45) is 3.56. The van der Waals surface area contributed by atoms with Crippen molar-refractivity contribution in [3.05, 3.63) is 47.4 Å². The van der Waals surface area contributed by atoms with Crippen LogP contribution < -0.4 is 5.32 Å². The van der Waals surface area contributed by atoms with Gasteiger partial charge in [-0.25, -0.2) is 14.5 Å². The number of amides is 1. The van der Waals surface area contributed by atoms with Gasteiger partial charge >= 0.3 is 0 Å². The SMILES string of the molecule is CSc1nc2ccc(NC(=O)c3cnn4c(C)cc(C)nc34)cc2s1. The van der Waals surface area contributed by atoms with Gasteiger partial charge in [0, 0.05) is 17.1 Å². The van der Waals surface area contributed by atoms with Gasteiger partial charge in [-0.05, 0) is 44.4 Å². The number of hydrogen-bond acceptors (Lipinski definition) is 6. The second kappa shape index (κ2) is 6.12. The second-order valence-corrected chi connectivity index (χ2v) is 7.74. The van der Waals surface area contributed by atoms with Crippen molar-refractivity contribution < 1.29 is 4.79 Å². The molecule has 0 saturated carbocycles. The first-order valence-corrected chi connectivity index (χ1v) is 9.67. The molecule has 6 nitrogen and oxygen atoms in total. The highest BCUT2D eigenvalue weighted by Crippen LogP contribution is 2.30. The van der Waals surface area contributed by atoms with E-state index >= 15 is 0 Å². The fraction of sp³-hybridized carbons (Fsp3) is 0.176. The minimum Gasteiger partial charge on any atom is -0.322 e. The third kappa shape index (κ3) is 2.87. The lowest BCUT2D eigenvalue weighted by Gasteiger charge is -2.05. The zero-order chi connectivity index (χ0) is 17.6. The fourth-order valence-electron chi connectivity index (χ4n) is 2.70. The number of nitrogens with zero attached hydrogens (tertiary/aromatic N) is 4. The molecule has 0 aliphatic heterocycles. The molecule has 0 bridgehead atoms. The molecule has 3 aromatic heterocycles. The maximum Gasteiger partial charge on any atom is 0.261 e. The van der Waals surface area contributed by atoms with Gasteiger partial charge in [0.25, 0.3) is 5.91 Å². The van der Waals surface area contributed by atoms with Gasteiger partial charge < -0.3 is 5.32 Å². The number of fused-ring (bicyclic) bond motifs is 2. The van der Waals surface area contributed by atoms with Crippen molar-refractivity contribution >= 4 is 50.6 Å². The van der Waals surface area contributed by atoms with Crippen LogP contribution in [-0.4, -0.2) is 31.7 Å². The maximum atomic E-state index is 12.7. The molecule has 0 fully saturated rings. The Labute approximate surface area is 152 Å². The van der Waals surface area contributed by atoms with E-state index in [1.54, 1.807) is 33.8 Å². The Balaban J connectivity index is 1.68. The summed E-state index contributed by atoms with van der Waals surface area (Å²) in [5.74, 6) is -0.221. The predicted octanol–water partition coefficient (Wildman–Crippen LogP) is 3.93. The first-order valence-electron chi connectivity index (χ1n) is 7.63. The van der Waals surface area contributed by atoms with E-state index in [1.165, 1.54) is 0 Å². The van der Waals surface area contributed by atoms with Gasteiger partial charge in [0.05, 0.1) is 16.4 Å². The quantitative estimate of drug-likeness (QED) is 0.554. The molecule has 0 saturated heterocycles. The standard InChI is InChI=1S/C17H15N5OS2/c1-9-6-10(2)22-15(19-9)12(8-18-22)16(23)20-11-4-5-13-14(7-11)25-17(21-13)24-3/h4-8H,1-3H3,(H,20,23). The topological polar surface area (TPSA) is 72.2 Å². The first-order chi connectivity index (χ1) is 12.0. The van der Waals surface area contributed by atoms with Crippen molar-refractivity contribution in [1.29, 1.82) is 0 Å². The lowest BCUT2D eigenvalue weighted by molar-refractivity contribution is 0.102. The number of aromatic nitrogens is 4. The molecule has 1 aromatic carbocycles. The summed E-state index contributed by atoms with van der Waals surface area (Å²) >= 11 is 3.23. The van der Waals surface area contributed by atoms with Crippen LogP contribution in [0.5, 0.6) is 0 Å². The number of rotatable bonds is 3. The van der Waals surface area contributed by atoms with Gasteiger partial charge in [-0.2, -0.15) is 5.10 Å². The van der Waals surface area contributed by atoms with Crippen molar-refractivity contribution in [3.8, 4) is 0 Å². The Kier molecular flexibility index (Phi) is 3.93. The maximum absolute atomic E-state index is 12.7. The normalized spacial score (nSPS) is 11.3. The minimum atomic E-state index is -0.221. The van der Waals surface area contributed by atoms with E-state index in [2.05, 4.69) is 20.4 Å². The highest BCUT2D eigenvalue weighted by molar-refractivity contribution is 8.00. The van der Waals surface area contributed by atoms with Crippen molar-refractivity contribution in [2.45, 2.75) is 18.2 Å². The van der Waals surface area contributed by atoms with Crippen LogP contribution in [0.4, 0.5) is 5.69 Å². The van der Waals surface area contributed by atoms with Gasteiger partial charge in [0.2, 0.25) is 0 Å². The molecule has 0 unspecified atom stereocenters. The number of aryl methyl sites for hydroxylation is 2. The van der Waals surface area contributed by atoms with Crippen LogP contribution in [0, 0.1) is 13.8 Å². The average Bonchev–Trinajstić information content (AvgIpc) is 3.17. The molecule has 126 valence electrons. The number of thiazole rings is 1. The summed E-state index contributed by atoms with van der Waals surface area (Å²) in [4.78, 5) is 21.6. The van der Waals surface area contributed by atoms with Crippen molar-refractivity contribution in [3.63, 3.8) is 0 Å². The Morgan fingerprint density at radius 1 is 1.24 bits per heavy atom. The van der Waals surface area contributed by atoms with Crippen molar-refractivity contribution in [2.24, 2.45) is 0 Å². The smallest absolute Gasteiger partial charge is 0.261 e. The van der Waals surface area contributed by atoms with Gasteiger partial charge in [-0.15, -0.1) is 11.3 Å². The molecule has 1 N–H and O–H groups in total. The fourth-order valence-corrected chi connectivity index (χ4v) is 4.23. The average molecular weight is 369 g/mol. The summed E-state index contributed by atoms with van der Waals surface area (Å²) in [6.45, 7) is 3.85. The largest absolute Gasteiger partial charge is 0.322 e. The number of thioether (sulfide) groups is 1. The van der Waals surface area contributed by atoms with Crippen LogP contribution in [-0.2, 0) is 0 Å². The van der Waals surface area contributed by atoms with Crippen LogP contribution in [0.3, 0.4) is 0 Å². The number of benzene rings is 1. The van der Waals surface area contributed by atoms with Gasteiger partial charge in [-0.3, -0.25) is 4.79 Å². The van der Waals surface area contributed by atoms with E-state index in [4.69, 9.17) is 0 Å². The zero-order valence-electron chi connectivity index (χ0n) is 13.9. The number of anilines is 1. The molecular formula is C17H15N5OS2. The summed E-state index contributed by atoms with van der Waals surface area (Å²) in [7, 11) is 0. The van der Waals surface area contributed by atoms with Crippen LogP contribution >= 0.6 is 23.1 Å². The molecular weight excluding hydrogens is 354 g/mol. The molecule has 4 aromatic rings. The molecule has 0 aliphatic rings. The Morgan fingerprint density at radius 2 is 2.08 bits per heavy atom. The molecule has 0 radical (unpaired) electrons. The van der Waals surface area contributed by atoms with E-state index in [9.17, 15) is 4.79 Å². The van der Waals surface area contributed by atoms with Gasteiger partial charge in [0.15, 0.2) is 9.99 Å².